The number of rotatable bonds is 17. The molecule has 14 aliphatic heterocycles. The Morgan fingerprint density at radius 2 is 1.23 bits per heavy atom. The lowest BCUT2D eigenvalue weighted by atomic mass is 9.67. The van der Waals surface area contributed by atoms with Crippen molar-refractivity contribution in [2.75, 3.05) is 33.5 Å². The van der Waals surface area contributed by atoms with Crippen LogP contribution in [0.25, 0.3) is 10.8 Å². The number of fused-ring (bicyclic) bond motifs is 9. The molecule has 5 aliphatic carbocycles. The Labute approximate surface area is 799 Å². The molecule has 14 heterocycles. The van der Waals surface area contributed by atoms with Crippen molar-refractivity contribution in [3.05, 3.63) is 146 Å². The van der Waals surface area contributed by atoms with Crippen LogP contribution in [0.15, 0.2) is 140 Å². The molecule has 38 heteroatoms. The highest BCUT2D eigenvalue weighted by molar-refractivity contribution is 5.94. The summed E-state index contributed by atoms with van der Waals surface area (Å²) >= 11 is 0. The summed E-state index contributed by atoms with van der Waals surface area (Å²) in [5.74, 6) is -7.01. The molecule has 2 aromatic carbocycles. The lowest BCUT2D eigenvalue weighted by molar-refractivity contribution is -0.268. The average Bonchev–Trinajstić information content (AvgIpc) is 1.55. The van der Waals surface area contributed by atoms with E-state index in [-0.39, 0.29) is 161 Å². The van der Waals surface area contributed by atoms with Gasteiger partial charge in [0.25, 0.3) is 0 Å². The second-order valence-electron chi connectivity index (χ2n) is 39.5. The third-order valence-electron chi connectivity index (χ3n) is 29.5. The second kappa shape index (κ2) is 41.6. The largest absolute Gasteiger partial charge is 0.469 e. The first-order valence-corrected chi connectivity index (χ1v) is 46.4. The van der Waals surface area contributed by atoms with E-state index in [0.29, 0.717) is 105 Å². The molecule has 35 nitrogen and oxygen atoms in total. The standard InChI is InChI=1S/C19H17F3O3.C16H20O6.C13H14O6.C12H14O5.C11H12O5.C11H16O4.C10H14O3.C9H12O3/c1-12-10-18(25-16(12)23,11-17(2,24)19(20,21)22)15-8-7-13-5-3-4-6-14(13)9-15;1-8(2)15(18)20-7-13(17)22-14-10-3-9-4-11(6-10)16(19)21-12(14)5-9;1-3-7(14)18-10-5-4-6-9(8(5)12(15)17-2)13(16)19-11(6)10;1-5(2)11(13)17-8-3-7-9-6(10(8)16-7)4-15-12(9)14;1-4(2)10(12)15-8-6-3-5-7(14-6)9(8)16-11(5)13;1-7(2)9(12)15-8(3)11(4)5-6-14-10(11)13;1-7-6-10(13-9(7)12)4-2-8(11)3-5-10;1-6-5-9(12-8(6)10)3-4-11-7(9)2/h3-9,24H,1,10-11H2,2H3;9-12,14H,1,3-7H2,2H3;3,5-6,8-11H,1,4H2,2H3;6-10H,1,3-4H2,2H3;5-9H,1,3H2,2H3;8H,1,5-6H2,2-4H3;8,11H,1-6H2;7H,1,3-5H2,2H3. The summed E-state index contributed by atoms with van der Waals surface area (Å²) in [6.07, 6.45) is 1.80. The van der Waals surface area contributed by atoms with Crippen LogP contribution in [0.2, 0.25) is 0 Å². The minimum Gasteiger partial charge on any atom is -0.469 e. The number of benzene rings is 2. The van der Waals surface area contributed by atoms with Crippen LogP contribution in [0.3, 0.4) is 0 Å². The molecular weight excluding hydrogens is 1830 g/mol. The molecule has 139 heavy (non-hydrogen) atoms. The Bertz CT molecular complexity index is 5270. The van der Waals surface area contributed by atoms with Gasteiger partial charge >= 0.3 is 95.7 Å². The van der Waals surface area contributed by atoms with Crippen LogP contribution in [0.1, 0.15) is 170 Å². The maximum Gasteiger partial charge on any atom is 0.417 e. The number of aliphatic hydroxyl groups is 2. The Balaban J connectivity index is 0.000000135. The summed E-state index contributed by atoms with van der Waals surface area (Å²) in [6.45, 7) is 41.6. The van der Waals surface area contributed by atoms with Crippen molar-refractivity contribution in [3.63, 3.8) is 0 Å². The van der Waals surface area contributed by atoms with Crippen LogP contribution >= 0.6 is 0 Å². The van der Waals surface area contributed by atoms with Crippen LogP contribution in [0.5, 0.6) is 0 Å². The zero-order chi connectivity index (χ0) is 102. The number of aliphatic hydroxyl groups excluding tert-OH is 1. The van der Waals surface area contributed by atoms with Gasteiger partial charge < -0.3 is 95.5 Å². The Morgan fingerprint density at radius 1 is 0.597 bits per heavy atom. The van der Waals surface area contributed by atoms with Gasteiger partial charge in [0.15, 0.2) is 24.4 Å². The highest BCUT2D eigenvalue weighted by Crippen LogP contribution is 2.60. The quantitative estimate of drug-likeness (QED) is 0.0844. The lowest BCUT2D eigenvalue weighted by Crippen LogP contribution is -2.48. The van der Waals surface area contributed by atoms with E-state index in [0.717, 1.165) is 74.6 Å². The van der Waals surface area contributed by atoms with Gasteiger partial charge in [-0.1, -0.05) is 89.0 Å². The lowest BCUT2D eigenvalue weighted by Gasteiger charge is -2.41. The maximum absolute atomic E-state index is 13.2. The van der Waals surface area contributed by atoms with Crippen LogP contribution < -0.4 is 0 Å². The van der Waals surface area contributed by atoms with Gasteiger partial charge in [-0.2, -0.15) is 13.2 Å². The molecule has 21 rings (SSSR count). The van der Waals surface area contributed by atoms with Crippen LogP contribution in [-0.2, 0) is 163 Å². The van der Waals surface area contributed by atoms with Gasteiger partial charge in [-0.25, -0.2) is 43.2 Å². The molecule has 0 radical (unpaired) electrons. The Morgan fingerprint density at radius 3 is 1.82 bits per heavy atom. The molecule has 14 saturated heterocycles. The van der Waals surface area contributed by atoms with Gasteiger partial charge in [-0.3, -0.25) is 28.8 Å². The second-order valence-corrected chi connectivity index (χ2v) is 39.5. The number of hydrogen-bond donors (Lipinski definition) is 2. The van der Waals surface area contributed by atoms with Crippen molar-refractivity contribution < 1.29 is 181 Å². The SMILES string of the molecule is C=C(C)C(=O)OC(C)C1(C)CCOC1=O.C=C(C)C(=O)OC1C2CC3C(=O)OC1C3O2.C=C(C)C(=O)OC1CC2OC1C1COC(=O)C21.C=C(C)C(=O)OCC(=O)OC1C2CC3CC(C2)C(=O)OC1C3.C=C1CC(CC(C)(O)C(F)(F)F)(c2ccc3ccccc3c2)OC1=O.C=C1CC2(CCC(O)CC2)OC1=O.C=C1CC2(CCOC2C)OC1=O.C=CC(=O)OC1C2CC3C1OC(=O)C3C2C(=O)OC. The number of hydrogen-bond acceptors (Lipinski definition) is 35. The van der Waals surface area contributed by atoms with E-state index in [9.17, 15) is 95.3 Å². The van der Waals surface area contributed by atoms with Crippen LogP contribution in [-0.4, -0.2) is 242 Å². The van der Waals surface area contributed by atoms with Crippen molar-refractivity contribution in [2.24, 2.45) is 64.6 Å². The number of ether oxygens (including phenoxy) is 18. The fourth-order valence-electron chi connectivity index (χ4n) is 21.8. The van der Waals surface area contributed by atoms with Crippen LogP contribution in [0.4, 0.5) is 13.2 Å². The van der Waals surface area contributed by atoms with Gasteiger partial charge in [0.05, 0.1) is 80.9 Å². The molecule has 0 aromatic heterocycles. The van der Waals surface area contributed by atoms with Crippen molar-refractivity contribution in [1.82, 2.24) is 0 Å². The summed E-state index contributed by atoms with van der Waals surface area (Å²) < 4.78 is 134. The maximum atomic E-state index is 13.2. The van der Waals surface area contributed by atoms with Crippen molar-refractivity contribution >= 4 is 100 Å². The fourth-order valence-corrected chi connectivity index (χ4v) is 21.8. The number of alkyl halides is 3. The predicted octanol–water partition coefficient (Wildman–Crippen LogP) is 9.95. The van der Waals surface area contributed by atoms with E-state index in [1.165, 1.54) is 14.0 Å². The van der Waals surface area contributed by atoms with E-state index in [2.05, 4.69) is 52.6 Å². The number of carbonyl (C=O) groups is 15. The molecule has 2 aromatic rings. The van der Waals surface area contributed by atoms with E-state index in [1.54, 1.807) is 52.8 Å². The minimum atomic E-state index is -4.85. The summed E-state index contributed by atoms with van der Waals surface area (Å²) in [5, 5.41) is 21.0. The van der Waals surface area contributed by atoms with Gasteiger partial charge in [0, 0.05) is 114 Å². The zero-order valence-electron chi connectivity index (χ0n) is 79.0. The van der Waals surface area contributed by atoms with E-state index < -0.39 is 132 Å². The summed E-state index contributed by atoms with van der Waals surface area (Å²) in [5.41, 5.74) is -3.10. The van der Waals surface area contributed by atoms with E-state index >= 15 is 0 Å². The normalized spacial score (nSPS) is 35.9. The van der Waals surface area contributed by atoms with Crippen molar-refractivity contribution in [1.29, 1.82) is 0 Å². The Kier molecular flexibility index (Phi) is 31.3. The molecule has 2 N–H and O–H groups in total. The average molecular weight is 1950 g/mol. The van der Waals surface area contributed by atoms with Crippen LogP contribution in [0, 0.1) is 64.6 Å². The molecule has 5 saturated carbocycles. The molecule has 2 spiro atoms. The summed E-state index contributed by atoms with van der Waals surface area (Å²) in [7, 11) is 1.29. The molecule has 10 bridgehead atoms. The topological polar surface area (TPSA) is 463 Å². The molecular formula is C101H119F3O35. The number of carbonyl (C=O) groups excluding carboxylic acids is 15. The smallest absolute Gasteiger partial charge is 0.417 e. The third-order valence-corrected chi connectivity index (χ3v) is 29.5. The van der Waals surface area contributed by atoms with Gasteiger partial charge in [-0.05, 0) is 148 Å². The van der Waals surface area contributed by atoms with E-state index in [4.69, 9.17) is 85.3 Å². The fraction of sp³-hybridized carbons (Fsp3) is 0.594. The first kappa shape index (κ1) is 105. The van der Waals surface area contributed by atoms with Gasteiger partial charge in [-0.15, -0.1) is 0 Å². The molecule has 754 valence electrons. The first-order chi connectivity index (χ1) is 65.3. The molecule has 27 unspecified atom stereocenters. The first-order valence-electron chi connectivity index (χ1n) is 46.4. The number of methoxy groups -OCH3 is 1. The van der Waals surface area contributed by atoms with Gasteiger partial charge in [0.1, 0.15) is 71.0 Å². The summed E-state index contributed by atoms with van der Waals surface area (Å²) in [6, 6.07) is 12.4. The highest BCUT2D eigenvalue weighted by Gasteiger charge is 2.71. The zero-order valence-corrected chi connectivity index (χ0v) is 79.0. The van der Waals surface area contributed by atoms with E-state index in [1.807, 2.05) is 31.2 Å². The monoisotopic (exact) mass is 1950 g/mol. The minimum absolute atomic E-state index is 0.0145. The summed E-state index contributed by atoms with van der Waals surface area (Å²) in [4.78, 5) is 173. The Hall–Kier alpha value is -11.7. The van der Waals surface area contributed by atoms with Gasteiger partial charge in [0.2, 0.25) is 0 Å². The molecule has 19 fully saturated rings. The van der Waals surface area contributed by atoms with Crippen molar-refractivity contribution in [2.45, 2.75) is 279 Å². The highest BCUT2D eigenvalue weighted by atomic mass is 19.4. The molecule has 19 aliphatic rings. The number of halogens is 3. The third kappa shape index (κ3) is 22.1. The number of cyclic esters (lactones) is 3. The predicted molar refractivity (Wildman–Crippen MR) is 473 cm³/mol. The van der Waals surface area contributed by atoms with Crippen molar-refractivity contribution in [3.8, 4) is 0 Å². The number of esters is 15. The molecule has 27 atom stereocenters. The molecule has 0 amide bonds.